The van der Waals surface area contributed by atoms with Gasteiger partial charge in [-0.05, 0) is 0 Å². The van der Waals surface area contributed by atoms with Crippen molar-refractivity contribution >= 4 is 17.0 Å². The highest BCUT2D eigenvalue weighted by Gasteiger charge is 2.00. The minimum atomic E-state index is -0.127. The largest absolute Gasteiger partial charge is 0.372 e. The smallest absolute Gasteiger partial charge is 0.209 e. The Morgan fingerprint density at radius 3 is 3.15 bits per heavy atom. The molecule has 0 radical (unpaired) electrons. The van der Waals surface area contributed by atoms with Gasteiger partial charge in [-0.1, -0.05) is 0 Å². The summed E-state index contributed by atoms with van der Waals surface area (Å²) >= 11 is 0. The Kier molecular flexibility index (Phi) is 1.70. The van der Waals surface area contributed by atoms with Crippen molar-refractivity contribution in [2.24, 2.45) is 0 Å². The van der Waals surface area contributed by atoms with Gasteiger partial charge in [-0.3, -0.25) is 4.79 Å². The first-order chi connectivity index (χ1) is 6.31. The zero-order valence-electron chi connectivity index (χ0n) is 7.03. The zero-order chi connectivity index (χ0) is 9.26. The number of H-pyrrole nitrogens is 1. The summed E-state index contributed by atoms with van der Waals surface area (Å²) in [6.45, 7) is 0. The lowest BCUT2D eigenvalue weighted by Crippen LogP contribution is -2.05. The van der Waals surface area contributed by atoms with Crippen molar-refractivity contribution in [2.75, 3.05) is 12.4 Å². The van der Waals surface area contributed by atoms with E-state index in [1.165, 1.54) is 6.07 Å². The maximum Gasteiger partial charge on any atom is 0.209 e. The average Bonchev–Trinajstić information content (AvgIpc) is 2.18. The highest BCUT2D eigenvalue weighted by atomic mass is 16.1. The predicted molar refractivity (Wildman–Crippen MR) is 49.7 cm³/mol. The third-order valence-corrected chi connectivity index (χ3v) is 1.72. The van der Waals surface area contributed by atoms with E-state index in [2.05, 4.69) is 20.3 Å². The van der Waals surface area contributed by atoms with Crippen LogP contribution in [0.5, 0.6) is 0 Å². The third kappa shape index (κ3) is 1.24. The van der Waals surface area contributed by atoms with Gasteiger partial charge < -0.3 is 10.3 Å². The molecule has 0 saturated heterocycles. The fourth-order valence-electron chi connectivity index (χ4n) is 1.06. The fraction of sp³-hybridized carbons (Fsp3) is 0.125. The van der Waals surface area contributed by atoms with Gasteiger partial charge in [-0.15, -0.1) is 0 Å². The van der Waals surface area contributed by atoms with E-state index >= 15 is 0 Å². The summed E-state index contributed by atoms with van der Waals surface area (Å²) < 4.78 is 0. The van der Waals surface area contributed by atoms with E-state index in [9.17, 15) is 4.79 Å². The summed E-state index contributed by atoms with van der Waals surface area (Å²) in [5, 5.41) is 2.82. The number of aromatic nitrogens is 3. The first-order valence-corrected chi connectivity index (χ1v) is 3.83. The molecule has 2 N–H and O–H groups in total. The Balaban J connectivity index is 2.82. The molecule has 2 aromatic heterocycles. The van der Waals surface area contributed by atoms with Gasteiger partial charge in [0, 0.05) is 19.3 Å². The monoisotopic (exact) mass is 176 g/mol. The van der Waals surface area contributed by atoms with Crippen molar-refractivity contribution < 1.29 is 0 Å². The number of aromatic amines is 1. The normalized spacial score (nSPS) is 10.2. The molecule has 0 amide bonds. The van der Waals surface area contributed by atoms with Gasteiger partial charge >= 0.3 is 0 Å². The molecule has 5 heteroatoms. The molecule has 0 unspecified atom stereocenters. The molecule has 0 spiro atoms. The number of nitrogens with zero attached hydrogens (tertiary/aromatic N) is 2. The average molecular weight is 176 g/mol. The maximum atomic E-state index is 11.3. The molecule has 2 heterocycles. The van der Waals surface area contributed by atoms with Gasteiger partial charge in [0.15, 0.2) is 11.2 Å². The second kappa shape index (κ2) is 2.85. The van der Waals surface area contributed by atoms with Crippen LogP contribution in [-0.2, 0) is 0 Å². The molecule has 0 fully saturated rings. The van der Waals surface area contributed by atoms with Gasteiger partial charge in [-0.25, -0.2) is 9.97 Å². The van der Waals surface area contributed by atoms with Crippen molar-refractivity contribution in [1.82, 2.24) is 15.0 Å². The van der Waals surface area contributed by atoms with Gasteiger partial charge in [0.05, 0.1) is 6.20 Å². The van der Waals surface area contributed by atoms with Gasteiger partial charge in [0.2, 0.25) is 5.43 Å². The Labute approximate surface area is 73.8 Å². The van der Waals surface area contributed by atoms with Gasteiger partial charge in [0.1, 0.15) is 5.82 Å². The van der Waals surface area contributed by atoms with Crippen LogP contribution in [0.15, 0.2) is 23.3 Å². The Morgan fingerprint density at radius 1 is 1.54 bits per heavy atom. The molecular formula is C8H8N4O. The number of hydrogen-bond donors (Lipinski definition) is 2. The fourth-order valence-corrected chi connectivity index (χ4v) is 1.06. The molecule has 5 nitrogen and oxygen atoms in total. The maximum absolute atomic E-state index is 11.3. The molecular weight excluding hydrogens is 168 g/mol. The first kappa shape index (κ1) is 7.72. The van der Waals surface area contributed by atoms with Crippen molar-refractivity contribution in [3.05, 3.63) is 28.7 Å². The molecule has 2 rings (SSSR count). The molecule has 13 heavy (non-hydrogen) atoms. The second-order valence-electron chi connectivity index (χ2n) is 2.54. The van der Waals surface area contributed by atoms with E-state index < -0.39 is 0 Å². The van der Waals surface area contributed by atoms with E-state index in [4.69, 9.17) is 0 Å². The van der Waals surface area contributed by atoms with Crippen LogP contribution in [-0.4, -0.2) is 22.0 Å². The molecule has 0 bridgehead atoms. The van der Waals surface area contributed by atoms with Crippen LogP contribution in [0.25, 0.3) is 11.2 Å². The van der Waals surface area contributed by atoms with E-state index in [0.717, 1.165) is 0 Å². The van der Waals surface area contributed by atoms with Crippen molar-refractivity contribution in [3.63, 3.8) is 0 Å². The SMILES string of the molecule is CNc1cnc2[nH]ccc(=O)c2n1. The van der Waals surface area contributed by atoms with Gasteiger partial charge in [0.25, 0.3) is 0 Å². The van der Waals surface area contributed by atoms with Crippen LogP contribution in [0.2, 0.25) is 0 Å². The van der Waals surface area contributed by atoms with Crippen LogP contribution >= 0.6 is 0 Å². The number of anilines is 1. The number of nitrogens with one attached hydrogen (secondary N) is 2. The molecule has 0 aromatic carbocycles. The third-order valence-electron chi connectivity index (χ3n) is 1.72. The van der Waals surface area contributed by atoms with Crippen molar-refractivity contribution in [2.45, 2.75) is 0 Å². The van der Waals surface area contributed by atoms with Crippen LogP contribution in [0.1, 0.15) is 0 Å². The van der Waals surface area contributed by atoms with Crippen LogP contribution in [0.4, 0.5) is 5.82 Å². The molecule has 0 saturated carbocycles. The Hall–Kier alpha value is -1.91. The van der Waals surface area contributed by atoms with E-state index in [-0.39, 0.29) is 5.43 Å². The second-order valence-corrected chi connectivity index (χ2v) is 2.54. The van der Waals surface area contributed by atoms with E-state index in [1.54, 1.807) is 19.4 Å². The number of pyridine rings is 1. The molecule has 0 atom stereocenters. The lowest BCUT2D eigenvalue weighted by Gasteiger charge is -1.99. The molecule has 0 aliphatic rings. The van der Waals surface area contributed by atoms with Crippen LogP contribution < -0.4 is 10.7 Å². The summed E-state index contributed by atoms with van der Waals surface area (Å²) in [5.74, 6) is 0.587. The lowest BCUT2D eigenvalue weighted by molar-refractivity contribution is 1.20. The quantitative estimate of drug-likeness (QED) is 0.658. The van der Waals surface area contributed by atoms with Gasteiger partial charge in [-0.2, -0.15) is 0 Å². The molecule has 0 aliphatic carbocycles. The highest BCUT2D eigenvalue weighted by Crippen LogP contribution is 2.03. The summed E-state index contributed by atoms with van der Waals surface area (Å²) in [4.78, 5) is 22.2. The van der Waals surface area contributed by atoms with Crippen molar-refractivity contribution in [1.29, 1.82) is 0 Å². The minimum Gasteiger partial charge on any atom is -0.372 e. The van der Waals surface area contributed by atoms with E-state index in [0.29, 0.717) is 17.0 Å². The number of hydrogen-bond acceptors (Lipinski definition) is 4. The molecule has 2 aromatic rings. The zero-order valence-corrected chi connectivity index (χ0v) is 7.03. The number of fused-ring (bicyclic) bond motifs is 1. The lowest BCUT2D eigenvalue weighted by atomic mass is 10.4. The molecule has 66 valence electrons. The van der Waals surface area contributed by atoms with Crippen molar-refractivity contribution in [3.8, 4) is 0 Å². The summed E-state index contributed by atoms with van der Waals surface area (Å²) in [6.07, 6.45) is 3.12. The highest BCUT2D eigenvalue weighted by molar-refractivity contribution is 5.70. The summed E-state index contributed by atoms with van der Waals surface area (Å²) in [6, 6.07) is 1.43. The predicted octanol–water partition coefficient (Wildman–Crippen LogP) is 0.360. The first-order valence-electron chi connectivity index (χ1n) is 3.83. The van der Waals surface area contributed by atoms with Crippen LogP contribution in [0, 0.1) is 0 Å². The summed E-state index contributed by atoms with van der Waals surface area (Å²) in [5.41, 5.74) is 0.735. The topological polar surface area (TPSA) is 70.7 Å². The summed E-state index contributed by atoms with van der Waals surface area (Å²) in [7, 11) is 1.73. The van der Waals surface area contributed by atoms with E-state index in [1.807, 2.05) is 0 Å². The Bertz CT molecular complexity index is 491. The van der Waals surface area contributed by atoms with Crippen LogP contribution in [0.3, 0.4) is 0 Å². The molecule has 0 aliphatic heterocycles. The standard InChI is InChI=1S/C8H8N4O/c1-9-6-4-11-8-7(12-6)5(13)2-3-10-8/h2-4H,1H3,(H,9,12)(H,10,11,13). The number of rotatable bonds is 1. The minimum absolute atomic E-state index is 0.127. The Morgan fingerprint density at radius 2 is 2.38 bits per heavy atom.